The summed E-state index contributed by atoms with van der Waals surface area (Å²) in [5.41, 5.74) is 0. The first kappa shape index (κ1) is 9.91. The van der Waals surface area contributed by atoms with Crippen molar-refractivity contribution >= 4 is 28.4 Å². The number of urea groups is 1. The molecule has 1 aromatic rings. The molecule has 0 radical (unpaired) electrons. The van der Waals surface area contributed by atoms with Crippen molar-refractivity contribution < 1.29 is 9.59 Å². The highest BCUT2D eigenvalue weighted by molar-refractivity contribution is 7.13. The minimum atomic E-state index is -0.278. The maximum atomic E-state index is 11.6. The van der Waals surface area contributed by atoms with Crippen molar-refractivity contribution in [2.24, 2.45) is 0 Å². The van der Waals surface area contributed by atoms with Gasteiger partial charge < -0.3 is 10.2 Å². The SMILES string of the molecule is O=C1CN(C(=O)Nc2nccs2)CCN1. The Balaban J connectivity index is 1.93. The predicted octanol–water partition coefficient (Wildman–Crippen LogP) is 0.107. The first-order valence-electron chi connectivity index (χ1n) is 4.48. The number of carbonyl (C=O) groups is 2. The van der Waals surface area contributed by atoms with Crippen LogP contribution in [0.5, 0.6) is 0 Å². The molecule has 0 bridgehead atoms. The molecule has 1 saturated heterocycles. The Morgan fingerprint density at radius 1 is 1.67 bits per heavy atom. The molecule has 0 aromatic carbocycles. The topological polar surface area (TPSA) is 74.3 Å². The Kier molecular flexibility index (Phi) is 2.82. The van der Waals surface area contributed by atoms with Crippen molar-refractivity contribution in [2.75, 3.05) is 25.0 Å². The van der Waals surface area contributed by atoms with E-state index in [1.54, 1.807) is 11.6 Å². The van der Waals surface area contributed by atoms with Gasteiger partial charge in [0.1, 0.15) is 6.54 Å². The van der Waals surface area contributed by atoms with Crippen LogP contribution < -0.4 is 10.6 Å². The third-order valence-electron chi connectivity index (χ3n) is 1.97. The van der Waals surface area contributed by atoms with E-state index < -0.39 is 0 Å². The summed E-state index contributed by atoms with van der Waals surface area (Å²) in [7, 11) is 0. The van der Waals surface area contributed by atoms with E-state index in [1.807, 2.05) is 0 Å². The van der Waals surface area contributed by atoms with Gasteiger partial charge in [0, 0.05) is 24.7 Å². The van der Waals surface area contributed by atoms with Crippen LogP contribution >= 0.6 is 11.3 Å². The molecule has 80 valence electrons. The average Bonchev–Trinajstić information content (AvgIpc) is 2.70. The quantitative estimate of drug-likeness (QED) is 0.713. The fourth-order valence-electron chi connectivity index (χ4n) is 1.27. The van der Waals surface area contributed by atoms with E-state index in [1.165, 1.54) is 16.2 Å². The molecule has 2 N–H and O–H groups in total. The number of piperazine rings is 1. The Bertz CT molecular complexity index is 365. The average molecular weight is 226 g/mol. The molecule has 1 aromatic heterocycles. The smallest absolute Gasteiger partial charge is 0.324 e. The Morgan fingerprint density at radius 3 is 3.20 bits per heavy atom. The zero-order chi connectivity index (χ0) is 10.7. The van der Waals surface area contributed by atoms with E-state index in [4.69, 9.17) is 0 Å². The largest absolute Gasteiger partial charge is 0.353 e. The highest BCUT2D eigenvalue weighted by Gasteiger charge is 2.21. The molecule has 0 spiro atoms. The van der Waals surface area contributed by atoms with Crippen LogP contribution in [-0.2, 0) is 4.79 Å². The van der Waals surface area contributed by atoms with Gasteiger partial charge in [-0.3, -0.25) is 10.1 Å². The van der Waals surface area contributed by atoms with Gasteiger partial charge in [0.2, 0.25) is 5.91 Å². The van der Waals surface area contributed by atoms with Gasteiger partial charge in [0.05, 0.1) is 0 Å². The van der Waals surface area contributed by atoms with E-state index in [9.17, 15) is 9.59 Å². The molecule has 0 unspecified atom stereocenters. The van der Waals surface area contributed by atoms with Crippen LogP contribution in [0, 0.1) is 0 Å². The fourth-order valence-corrected chi connectivity index (χ4v) is 1.79. The third kappa shape index (κ3) is 2.44. The number of nitrogens with one attached hydrogen (secondary N) is 2. The van der Waals surface area contributed by atoms with Crippen LogP contribution in [0.4, 0.5) is 9.93 Å². The van der Waals surface area contributed by atoms with Gasteiger partial charge in [0.25, 0.3) is 0 Å². The number of aromatic nitrogens is 1. The normalized spacial score (nSPS) is 16.0. The number of thiazole rings is 1. The summed E-state index contributed by atoms with van der Waals surface area (Å²) in [4.78, 5) is 28.0. The minimum absolute atomic E-state index is 0.108. The molecular weight excluding hydrogens is 216 g/mol. The highest BCUT2D eigenvalue weighted by Crippen LogP contribution is 2.11. The molecule has 2 rings (SSSR count). The summed E-state index contributed by atoms with van der Waals surface area (Å²) in [5.74, 6) is -0.129. The molecule has 0 atom stereocenters. The van der Waals surface area contributed by atoms with Crippen molar-refractivity contribution in [3.05, 3.63) is 11.6 Å². The Morgan fingerprint density at radius 2 is 2.53 bits per heavy atom. The maximum absolute atomic E-state index is 11.6. The van der Waals surface area contributed by atoms with E-state index >= 15 is 0 Å². The summed E-state index contributed by atoms with van der Waals surface area (Å²) >= 11 is 1.35. The van der Waals surface area contributed by atoms with E-state index in [-0.39, 0.29) is 18.5 Å². The summed E-state index contributed by atoms with van der Waals surface area (Å²) in [6.45, 7) is 1.14. The third-order valence-corrected chi connectivity index (χ3v) is 2.66. The van der Waals surface area contributed by atoms with Crippen LogP contribution in [0.3, 0.4) is 0 Å². The van der Waals surface area contributed by atoms with Gasteiger partial charge >= 0.3 is 6.03 Å². The van der Waals surface area contributed by atoms with Gasteiger partial charge in [-0.15, -0.1) is 11.3 Å². The van der Waals surface area contributed by atoms with Crippen molar-refractivity contribution in [1.82, 2.24) is 15.2 Å². The molecule has 1 fully saturated rings. The number of nitrogens with zero attached hydrogens (tertiary/aromatic N) is 2. The van der Waals surface area contributed by atoms with Gasteiger partial charge in [-0.05, 0) is 0 Å². The van der Waals surface area contributed by atoms with Crippen LogP contribution in [0.15, 0.2) is 11.6 Å². The molecule has 1 aliphatic rings. The highest BCUT2D eigenvalue weighted by atomic mass is 32.1. The molecule has 15 heavy (non-hydrogen) atoms. The number of hydrogen-bond donors (Lipinski definition) is 2. The van der Waals surface area contributed by atoms with Gasteiger partial charge in [0.15, 0.2) is 5.13 Å². The second kappa shape index (κ2) is 4.26. The lowest BCUT2D eigenvalue weighted by Crippen LogP contribution is -2.51. The van der Waals surface area contributed by atoms with Crippen LogP contribution in [-0.4, -0.2) is 41.5 Å². The fraction of sp³-hybridized carbons (Fsp3) is 0.375. The number of hydrogen-bond acceptors (Lipinski definition) is 4. The van der Waals surface area contributed by atoms with Crippen molar-refractivity contribution in [2.45, 2.75) is 0 Å². The maximum Gasteiger partial charge on any atom is 0.324 e. The summed E-state index contributed by atoms with van der Waals surface area (Å²) in [5, 5.41) is 7.60. The predicted molar refractivity (Wildman–Crippen MR) is 55.7 cm³/mol. The van der Waals surface area contributed by atoms with E-state index in [0.717, 1.165) is 0 Å². The zero-order valence-electron chi connectivity index (χ0n) is 7.90. The van der Waals surface area contributed by atoms with Crippen molar-refractivity contribution in [3.63, 3.8) is 0 Å². The monoisotopic (exact) mass is 226 g/mol. The van der Waals surface area contributed by atoms with Gasteiger partial charge in [-0.1, -0.05) is 0 Å². The zero-order valence-corrected chi connectivity index (χ0v) is 8.71. The second-order valence-electron chi connectivity index (χ2n) is 3.04. The van der Waals surface area contributed by atoms with Crippen molar-refractivity contribution in [3.8, 4) is 0 Å². The number of anilines is 1. The van der Waals surface area contributed by atoms with Gasteiger partial charge in [-0.25, -0.2) is 9.78 Å². The van der Waals surface area contributed by atoms with Crippen LogP contribution in [0.2, 0.25) is 0 Å². The summed E-state index contributed by atoms with van der Waals surface area (Å²) in [6.07, 6.45) is 1.61. The molecule has 0 aliphatic carbocycles. The Labute approximate surface area is 90.3 Å². The molecule has 3 amide bonds. The molecule has 6 nitrogen and oxygen atoms in total. The number of amides is 3. The first-order valence-corrected chi connectivity index (χ1v) is 5.36. The van der Waals surface area contributed by atoms with Crippen LogP contribution in [0.1, 0.15) is 0 Å². The summed E-state index contributed by atoms with van der Waals surface area (Å²) < 4.78 is 0. The number of rotatable bonds is 1. The Hall–Kier alpha value is -1.63. The lowest BCUT2D eigenvalue weighted by molar-refractivity contribution is -0.123. The second-order valence-corrected chi connectivity index (χ2v) is 3.93. The van der Waals surface area contributed by atoms with Crippen molar-refractivity contribution in [1.29, 1.82) is 0 Å². The lowest BCUT2D eigenvalue weighted by Gasteiger charge is -2.26. The van der Waals surface area contributed by atoms with E-state index in [2.05, 4.69) is 15.6 Å². The standard InChI is InChI=1S/C8H10N4O2S/c13-6-5-12(3-1-9-6)8(14)11-7-10-2-4-15-7/h2,4H,1,3,5H2,(H,9,13)(H,10,11,14). The molecule has 0 saturated carbocycles. The van der Waals surface area contributed by atoms with Crippen LogP contribution in [0.25, 0.3) is 0 Å². The lowest BCUT2D eigenvalue weighted by atomic mass is 10.4. The first-order chi connectivity index (χ1) is 7.25. The minimum Gasteiger partial charge on any atom is -0.353 e. The van der Waals surface area contributed by atoms with E-state index in [0.29, 0.717) is 18.2 Å². The molecule has 7 heteroatoms. The van der Waals surface area contributed by atoms with Gasteiger partial charge in [-0.2, -0.15) is 0 Å². The molecular formula is C8H10N4O2S. The summed E-state index contributed by atoms with van der Waals surface area (Å²) in [6, 6.07) is -0.278. The number of carbonyl (C=O) groups excluding carboxylic acids is 2. The molecule has 2 heterocycles. The molecule has 1 aliphatic heterocycles.